The molecule has 7 nitrogen and oxygen atoms in total. The highest BCUT2D eigenvalue weighted by Crippen LogP contribution is 2.44. The Kier molecular flexibility index (Phi) is 6.88. The molecule has 2 aliphatic rings. The number of halogens is 4. The fourth-order valence-corrected chi connectivity index (χ4v) is 6.52. The molecule has 3 heterocycles. The molecule has 0 atom stereocenters. The zero-order valence-corrected chi connectivity index (χ0v) is 21.3. The van der Waals surface area contributed by atoms with Gasteiger partial charge in [0, 0.05) is 30.7 Å². The van der Waals surface area contributed by atoms with Crippen LogP contribution in [-0.4, -0.2) is 41.0 Å². The highest BCUT2D eigenvalue weighted by Gasteiger charge is 2.39. The van der Waals surface area contributed by atoms with Gasteiger partial charge in [0.15, 0.2) is 5.13 Å². The van der Waals surface area contributed by atoms with E-state index in [-0.39, 0.29) is 15.5 Å². The molecule has 2 aliphatic heterocycles. The number of nitro groups is 1. The molecule has 1 aromatic heterocycles. The van der Waals surface area contributed by atoms with E-state index < -0.39 is 27.9 Å². The van der Waals surface area contributed by atoms with E-state index in [1.165, 1.54) is 5.56 Å². The summed E-state index contributed by atoms with van der Waals surface area (Å²) in [5, 5.41) is 12.2. The first kappa shape index (κ1) is 25.9. The summed E-state index contributed by atoms with van der Waals surface area (Å²) in [6, 6.07) is 9.03. The van der Waals surface area contributed by atoms with Crippen molar-refractivity contribution in [2.45, 2.75) is 38.4 Å². The Hall–Kier alpha value is -2.76. The van der Waals surface area contributed by atoms with Crippen LogP contribution in [0.1, 0.15) is 36.8 Å². The van der Waals surface area contributed by atoms with Crippen molar-refractivity contribution in [3.05, 3.63) is 73.0 Å². The Bertz CT molecular complexity index is 1380. The van der Waals surface area contributed by atoms with Crippen LogP contribution in [0.25, 0.3) is 10.1 Å². The minimum Gasteiger partial charge on any atom is -0.348 e. The molecule has 5 rings (SSSR count). The molecule has 0 unspecified atom stereocenters. The van der Waals surface area contributed by atoms with Crippen LogP contribution >= 0.6 is 22.9 Å². The molecule has 2 fully saturated rings. The summed E-state index contributed by atoms with van der Waals surface area (Å²) in [4.78, 5) is 31.7. The summed E-state index contributed by atoms with van der Waals surface area (Å²) in [5.74, 6) is 0. The first-order valence-electron chi connectivity index (χ1n) is 12.0. The smallest absolute Gasteiger partial charge is 0.348 e. The van der Waals surface area contributed by atoms with E-state index in [2.05, 4.69) is 9.88 Å². The number of alkyl halides is 3. The summed E-state index contributed by atoms with van der Waals surface area (Å²) >= 11 is 6.89. The van der Waals surface area contributed by atoms with Gasteiger partial charge in [0.05, 0.1) is 15.9 Å². The Morgan fingerprint density at radius 2 is 1.68 bits per heavy atom. The Labute approximate surface area is 219 Å². The highest BCUT2D eigenvalue weighted by atomic mass is 35.5. The second-order valence-electron chi connectivity index (χ2n) is 9.82. The van der Waals surface area contributed by atoms with Crippen LogP contribution in [0.3, 0.4) is 0 Å². The molecular formula is C25H24ClF3N4O3S. The lowest BCUT2D eigenvalue weighted by molar-refractivity contribution is -0.383. The number of piperidine rings is 2. The normalized spacial score (nSPS) is 18.4. The molecule has 12 heteroatoms. The molecule has 37 heavy (non-hydrogen) atoms. The lowest BCUT2D eigenvalue weighted by Gasteiger charge is -2.47. The van der Waals surface area contributed by atoms with Gasteiger partial charge in [0.1, 0.15) is 4.70 Å². The van der Waals surface area contributed by atoms with Crippen LogP contribution in [0, 0.1) is 15.5 Å². The fraction of sp³-hybridized carbons (Fsp3) is 0.440. The minimum atomic E-state index is -4.81. The standard InChI is InChI=1S/C25H24ClF3N4O3S/c26-18-3-1-16(2-4-18)15-31-9-5-24(6-10-31)7-11-32(12-8-24)23-30-22(34)19-13-17(25(27,28)29)14-20(33(35)36)21(19)37-23/h1-4,13-14H,5-12,15H2. The van der Waals surface area contributed by atoms with E-state index in [1.54, 1.807) is 0 Å². The first-order chi connectivity index (χ1) is 17.5. The van der Waals surface area contributed by atoms with E-state index in [9.17, 15) is 28.1 Å². The van der Waals surface area contributed by atoms with Gasteiger partial charge in [-0.05, 0) is 68.0 Å². The van der Waals surface area contributed by atoms with Crippen LogP contribution < -0.4 is 10.5 Å². The van der Waals surface area contributed by atoms with Crippen LogP contribution in [0.15, 0.2) is 41.2 Å². The third kappa shape index (κ3) is 5.44. The van der Waals surface area contributed by atoms with Gasteiger partial charge < -0.3 is 4.90 Å². The van der Waals surface area contributed by atoms with E-state index in [0.29, 0.717) is 30.4 Å². The van der Waals surface area contributed by atoms with Gasteiger partial charge in [0.2, 0.25) is 0 Å². The van der Waals surface area contributed by atoms with Crippen molar-refractivity contribution < 1.29 is 18.1 Å². The molecule has 2 saturated heterocycles. The number of non-ortho nitro benzene ring substituents is 1. The summed E-state index contributed by atoms with van der Waals surface area (Å²) in [7, 11) is 0. The van der Waals surface area contributed by atoms with Gasteiger partial charge in [-0.2, -0.15) is 18.2 Å². The van der Waals surface area contributed by atoms with Crippen molar-refractivity contribution in [2.75, 3.05) is 31.1 Å². The lowest BCUT2D eigenvalue weighted by Crippen LogP contribution is -2.46. The predicted molar refractivity (Wildman–Crippen MR) is 137 cm³/mol. The van der Waals surface area contributed by atoms with Gasteiger partial charge in [-0.1, -0.05) is 35.1 Å². The average molecular weight is 553 g/mol. The molecular weight excluding hydrogens is 529 g/mol. The molecule has 2 aromatic carbocycles. The number of nitro benzene ring substituents is 1. The predicted octanol–water partition coefficient (Wildman–Crippen LogP) is 6.12. The minimum absolute atomic E-state index is 0.0798. The van der Waals surface area contributed by atoms with E-state index >= 15 is 0 Å². The molecule has 0 aliphatic carbocycles. The van der Waals surface area contributed by atoms with Crippen molar-refractivity contribution >= 4 is 43.8 Å². The Morgan fingerprint density at radius 1 is 1.05 bits per heavy atom. The molecule has 1 spiro atoms. The molecule has 0 bridgehead atoms. The maximum atomic E-state index is 13.2. The number of hydrogen-bond donors (Lipinski definition) is 0. The number of rotatable bonds is 4. The van der Waals surface area contributed by atoms with E-state index in [1.807, 2.05) is 29.2 Å². The van der Waals surface area contributed by atoms with Crippen LogP contribution in [0.4, 0.5) is 24.0 Å². The summed E-state index contributed by atoms with van der Waals surface area (Å²) in [5.41, 5.74) is -1.41. The van der Waals surface area contributed by atoms with Crippen molar-refractivity contribution in [3.8, 4) is 0 Å². The number of fused-ring (bicyclic) bond motifs is 1. The molecule has 0 saturated carbocycles. The molecule has 0 amide bonds. The van der Waals surface area contributed by atoms with Crippen LogP contribution in [0.5, 0.6) is 0 Å². The number of aromatic nitrogens is 1. The second kappa shape index (κ2) is 9.85. The summed E-state index contributed by atoms with van der Waals surface area (Å²) in [6.07, 6.45) is -0.891. The van der Waals surface area contributed by atoms with Gasteiger partial charge in [-0.15, -0.1) is 0 Å². The number of anilines is 1. The van der Waals surface area contributed by atoms with Gasteiger partial charge >= 0.3 is 6.18 Å². The van der Waals surface area contributed by atoms with Crippen LogP contribution in [0.2, 0.25) is 5.02 Å². The first-order valence-corrected chi connectivity index (χ1v) is 13.1. The molecule has 3 aromatic rings. The third-order valence-corrected chi connectivity index (χ3v) is 8.96. The second-order valence-corrected chi connectivity index (χ2v) is 11.2. The van der Waals surface area contributed by atoms with Gasteiger partial charge in [-0.3, -0.25) is 19.8 Å². The zero-order valence-electron chi connectivity index (χ0n) is 19.8. The fourth-order valence-electron chi connectivity index (χ4n) is 5.28. The maximum Gasteiger partial charge on any atom is 0.416 e. The maximum absolute atomic E-state index is 13.2. The topological polar surface area (TPSA) is 79.6 Å². The SMILES string of the molecule is O=c1nc(N2CCC3(CCN(Cc4ccc(Cl)cc4)CC3)CC2)sc2c([N+](=O)[O-])cc(C(F)(F)F)cc12. The number of nitrogens with zero attached hydrogens (tertiary/aromatic N) is 4. The summed E-state index contributed by atoms with van der Waals surface area (Å²) in [6.45, 7) is 4.12. The van der Waals surface area contributed by atoms with Crippen molar-refractivity contribution in [1.29, 1.82) is 0 Å². The quantitative estimate of drug-likeness (QED) is 0.287. The lowest BCUT2D eigenvalue weighted by atomic mass is 9.71. The van der Waals surface area contributed by atoms with Crippen LogP contribution in [-0.2, 0) is 12.7 Å². The number of hydrogen-bond acceptors (Lipinski definition) is 7. The Balaban J connectivity index is 1.29. The highest BCUT2D eigenvalue weighted by molar-refractivity contribution is 7.22. The van der Waals surface area contributed by atoms with Crippen molar-refractivity contribution in [1.82, 2.24) is 9.88 Å². The van der Waals surface area contributed by atoms with Gasteiger partial charge in [0.25, 0.3) is 11.2 Å². The van der Waals surface area contributed by atoms with Gasteiger partial charge in [-0.25, -0.2) is 0 Å². The summed E-state index contributed by atoms with van der Waals surface area (Å²) < 4.78 is 39.6. The third-order valence-electron chi connectivity index (χ3n) is 7.55. The molecule has 196 valence electrons. The largest absolute Gasteiger partial charge is 0.416 e. The van der Waals surface area contributed by atoms with Crippen molar-refractivity contribution in [3.63, 3.8) is 0 Å². The van der Waals surface area contributed by atoms with E-state index in [4.69, 9.17) is 11.6 Å². The number of benzene rings is 2. The zero-order chi connectivity index (χ0) is 26.4. The average Bonchev–Trinajstić information content (AvgIpc) is 2.86. The monoisotopic (exact) mass is 552 g/mol. The Morgan fingerprint density at radius 3 is 2.27 bits per heavy atom. The number of likely N-dealkylation sites (tertiary alicyclic amines) is 1. The molecule has 0 N–H and O–H groups in total. The molecule has 0 radical (unpaired) electrons. The van der Waals surface area contributed by atoms with Crippen molar-refractivity contribution in [2.24, 2.45) is 5.41 Å². The van der Waals surface area contributed by atoms with E-state index in [0.717, 1.165) is 61.7 Å².